The fourth-order valence-electron chi connectivity index (χ4n) is 3.44. The van der Waals surface area contributed by atoms with Gasteiger partial charge in [0.15, 0.2) is 0 Å². The van der Waals surface area contributed by atoms with Gasteiger partial charge >= 0.3 is 0 Å². The maximum Gasteiger partial charge on any atom is -0.00513 e. The first-order valence-corrected chi connectivity index (χ1v) is 6.74. The molecule has 2 aliphatic carbocycles. The monoisotopic (exact) mass is 232 g/mol. The minimum Gasteiger partial charge on any atom is -0.0807 e. The van der Waals surface area contributed by atoms with E-state index in [2.05, 4.69) is 49.4 Å². The quantitative estimate of drug-likeness (QED) is 0.606. The maximum atomic E-state index is 2.39. The number of fused-ring (bicyclic) bond motifs is 3. The van der Waals surface area contributed by atoms with Gasteiger partial charge in [0, 0.05) is 0 Å². The van der Waals surface area contributed by atoms with Crippen molar-refractivity contribution in [1.82, 2.24) is 0 Å². The molecule has 0 bridgehead atoms. The molecular weight excluding hydrogens is 216 g/mol. The Hall–Kier alpha value is -1.82. The summed E-state index contributed by atoms with van der Waals surface area (Å²) in [6, 6.07) is 13.5. The van der Waals surface area contributed by atoms with Gasteiger partial charge in [-0.05, 0) is 65.3 Å². The van der Waals surface area contributed by atoms with Gasteiger partial charge in [0.05, 0.1) is 0 Å². The second kappa shape index (κ2) is 3.58. The van der Waals surface area contributed by atoms with Gasteiger partial charge in [-0.3, -0.25) is 0 Å². The van der Waals surface area contributed by atoms with Crippen LogP contribution in [0.5, 0.6) is 0 Å². The molecule has 0 fully saturated rings. The lowest BCUT2D eigenvalue weighted by Crippen LogP contribution is -1.93. The SMILES string of the molecule is CC1=CCCC2=C1c1cc3ccccc3cc1C2. The number of rotatable bonds is 0. The zero-order valence-corrected chi connectivity index (χ0v) is 10.7. The van der Waals surface area contributed by atoms with Crippen molar-refractivity contribution in [3.05, 3.63) is 64.7 Å². The minimum absolute atomic E-state index is 1.17. The van der Waals surface area contributed by atoms with Crippen LogP contribution in [0.3, 0.4) is 0 Å². The van der Waals surface area contributed by atoms with Crippen molar-refractivity contribution in [2.75, 3.05) is 0 Å². The lowest BCUT2D eigenvalue weighted by atomic mass is 9.91. The van der Waals surface area contributed by atoms with Crippen LogP contribution in [-0.4, -0.2) is 0 Å². The van der Waals surface area contributed by atoms with Crippen LogP contribution < -0.4 is 0 Å². The van der Waals surface area contributed by atoms with Crippen molar-refractivity contribution < 1.29 is 0 Å². The van der Waals surface area contributed by atoms with Crippen molar-refractivity contribution in [2.24, 2.45) is 0 Å². The van der Waals surface area contributed by atoms with Gasteiger partial charge < -0.3 is 0 Å². The molecule has 0 saturated carbocycles. The van der Waals surface area contributed by atoms with Crippen LogP contribution in [0.2, 0.25) is 0 Å². The molecule has 4 rings (SSSR count). The second-order valence-corrected chi connectivity index (χ2v) is 5.44. The molecular formula is C18H16. The van der Waals surface area contributed by atoms with E-state index >= 15 is 0 Å². The normalized spacial score (nSPS) is 17.7. The number of hydrogen-bond acceptors (Lipinski definition) is 0. The van der Waals surface area contributed by atoms with Crippen LogP contribution in [0, 0.1) is 0 Å². The van der Waals surface area contributed by atoms with Crippen LogP contribution in [0.4, 0.5) is 0 Å². The zero-order valence-electron chi connectivity index (χ0n) is 10.7. The molecule has 18 heavy (non-hydrogen) atoms. The Labute approximate surface area is 108 Å². The Morgan fingerprint density at radius 3 is 2.61 bits per heavy atom. The van der Waals surface area contributed by atoms with Crippen molar-refractivity contribution in [1.29, 1.82) is 0 Å². The van der Waals surface area contributed by atoms with Gasteiger partial charge in [0.25, 0.3) is 0 Å². The first-order valence-electron chi connectivity index (χ1n) is 6.74. The van der Waals surface area contributed by atoms with Gasteiger partial charge in [0.2, 0.25) is 0 Å². The van der Waals surface area contributed by atoms with Gasteiger partial charge in [-0.1, -0.05) is 42.0 Å². The topological polar surface area (TPSA) is 0 Å². The number of hydrogen-bond donors (Lipinski definition) is 0. The summed E-state index contributed by atoms with van der Waals surface area (Å²) < 4.78 is 0. The molecule has 0 aromatic heterocycles. The van der Waals surface area contributed by atoms with E-state index in [1.165, 1.54) is 46.7 Å². The summed E-state index contributed by atoms with van der Waals surface area (Å²) in [7, 11) is 0. The third-order valence-corrected chi connectivity index (χ3v) is 4.29. The molecule has 0 saturated heterocycles. The standard InChI is InChI=1S/C18H16/c1-12-5-4-8-15-10-16-9-13-6-2-3-7-14(13)11-17(16)18(12)15/h2-3,5-7,9,11H,4,8,10H2,1H3. The highest BCUT2D eigenvalue weighted by Crippen LogP contribution is 2.43. The van der Waals surface area contributed by atoms with Crippen LogP contribution in [0.15, 0.2) is 53.6 Å². The third kappa shape index (κ3) is 1.32. The molecule has 0 aliphatic heterocycles. The minimum atomic E-state index is 1.17. The van der Waals surface area contributed by atoms with E-state index in [0.717, 1.165) is 0 Å². The summed E-state index contributed by atoms with van der Waals surface area (Å²) in [4.78, 5) is 0. The highest BCUT2D eigenvalue weighted by molar-refractivity contribution is 5.94. The van der Waals surface area contributed by atoms with Crippen LogP contribution >= 0.6 is 0 Å². The lowest BCUT2D eigenvalue weighted by molar-refractivity contribution is 0.925. The predicted molar refractivity (Wildman–Crippen MR) is 77.6 cm³/mol. The van der Waals surface area contributed by atoms with E-state index in [1.807, 2.05) is 0 Å². The average Bonchev–Trinajstić information content (AvgIpc) is 2.74. The van der Waals surface area contributed by atoms with E-state index in [9.17, 15) is 0 Å². The van der Waals surface area contributed by atoms with Gasteiger partial charge in [-0.15, -0.1) is 0 Å². The van der Waals surface area contributed by atoms with E-state index in [-0.39, 0.29) is 0 Å². The largest absolute Gasteiger partial charge is 0.0807 e. The summed E-state index contributed by atoms with van der Waals surface area (Å²) in [6.45, 7) is 2.26. The number of benzene rings is 2. The summed E-state index contributed by atoms with van der Waals surface area (Å²) in [5, 5.41) is 2.74. The molecule has 0 heteroatoms. The molecule has 0 unspecified atom stereocenters. The smallest absolute Gasteiger partial charge is 0.00513 e. The van der Waals surface area contributed by atoms with Crippen molar-refractivity contribution in [2.45, 2.75) is 26.2 Å². The maximum absolute atomic E-state index is 2.39. The summed E-state index contributed by atoms with van der Waals surface area (Å²) in [6.07, 6.45) is 6.03. The summed E-state index contributed by atoms with van der Waals surface area (Å²) in [5.41, 5.74) is 7.68. The van der Waals surface area contributed by atoms with Gasteiger partial charge in [-0.2, -0.15) is 0 Å². The Balaban J connectivity index is 1.99. The van der Waals surface area contributed by atoms with Crippen LogP contribution in [-0.2, 0) is 6.42 Å². The first kappa shape index (κ1) is 10.1. The third-order valence-electron chi connectivity index (χ3n) is 4.29. The first-order chi connectivity index (χ1) is 8.83. The van der Waals surface area contributed by atoms with Crippen molar-refractivity contribution in [3.8, 4) is 0 Å². The van der Waals surface area contributed by atoms with E-state index in [1.54, 1.807) is 11.1 Å². The molecule has 0 nitrogen and oxygen atoms in total. The highest BCUT2D eigenvalue weighted by Gasteiger charge is 2.24. The molecule has 0 N–H and O–H groups in total. The van der Waals surface area contributed by atoms with E-state index in [0.29, 0.717) is 0 Å². The molecule has 88 valence electrons. The fourth-order valence-corrected chi connectivity index (χ4v) is 3.44. The molecule has 2 aliphatic rings. The second-order valence-electron chi connectivity index (χ2n) is 5.44. The van der Waals surface area contributed by atoms with Gasteiger partial charge in [0.1, 0.15) is 0 Å². The van der Waals surface area contributed by atoms with Crippen molar-refractivity contribution >= 4 is 16.3 Å². The lowest BCUT2D eigenvalue weighted by Gasteiger charge is -2.14. The summed E-state index contributed by atoms with van der Waals surface area (Å²) >= 11 is 0. The zero-order chi connectivity index (χ0) is 12.1. The summed E-state index contributed by atoms with van der Waals surface area (Å²) in [5.74, 6) is 0. The predicted octanol–water partition coefficient (Wildman–Crippen LogP) is 4.89. The van der Waals surface area contributed by atoms with Crippen LogP contribution in [0.1, 0.15) is 30.9 Å². The Morgan fingerprint density at radius 1 is 1.00 bits per heavy atom. The Morgan fingerprint density at radius 2 is 1.78 bits per heavy atom. The molecule has 0 radical (unpaired) electrons. The molecule has 2 aromatic rings. The number of allylic oxidation sites excluding steroid dienone is 4. The highest BCUT2D eigenvalue weighted by atomic mass is 14.3. The van der Waals surface area contributed by atoms with Gasteiger partial charge in [-0.25, -0.2) is 0 Å². The molecule has 2 aromatic carbocycles. The Bertz CT molecular complexity index is 714. The molecule has 0 spiro atoms. The van der Waals surface area contributed by atoms with E-state index < -0.39 is 0 Å². The van der Waals surface area contributed by atoms with E-state index in [4.69, 9.17) is 0 Å². The Kier molecular flexibility index (Phi) is 2.02. The average molecular weight is 232 g/mol. The van der Waals surface area contributed by atoms with Crippen LogP contribution in [0.25, 0.3) is 16.3 Å². The molecule has 0 amide bonds. The van der Waals surface area contributed by atoms with Crippen molar-refractivity contribution in [3.63, 3.8) is 0 Å². The molecule has 0 atom stereocenters. The fraction of sp³-hybridized carbons (Fsp3) is 0.222. The molecule has 0 heterocycles.